The first kappa shape index (κ1) is 44.0. The zero-order valence-electron chi connectivity index (χ0n) is 31.0. The van der Waals surface area contributed by atoms with Crippen LogP contribution in [0, 0.1) is 11.8 Å². The van der Waals surface area contributed by atoms with E-state index in [4.69, 9.17) is 0 Å². The second-order valence-corrected chi connectivity index (χ2v) is 13.6. The first-order valence-corrected chi connectivity index (χ1v) is 20.1. The second-order valence-electron chi connectivity index (χ2n) is 13.6. The fourth-order valence-corrected chi connectivity index (χ4v) is 6.06. The van der Waals surface area contributed by atoms with Gasteiger partial charge in [0.2, 0.25) is 0 Å². The highest BCUT2D eigenvalue weighted by molar-refractivity contribution is 4.65. The van der Waals surface area contributed by atoms with Gasteiger partial charge in [0, 0.05) is 0 Å². The van der Waals surface area contributed by atoms with Gasteiger partial charge in [-0.25, -0.2) is 0 Å². The molecule has 0 bridgehead atoms. The molecule has 0 heterocycles. The third-order valence-corrected chi connectivity index (χ3v) is 9.44. The summed E-state index contributed by atoms with van der Waals surface area (Å²) in [6.45, 7) is 22.7. The molecular formula is C40H86N2. The minimum absolute atomic E-state index is 0.902. The number of hydrogen-bond donors (Lipinski definition) is 1. The summed E-state index contributed by atoms with van der Waals surface area (Å²) in [4.78, 5) is 2.79. The van der Waals surface area contributed by atoms with Gasteiger partial charge in [-0.15, -0.1) is 0 Å². The van der Waals surface area contributed by atoms with Crippen LogP contribution in [-0.2, 0) is 0 Å². The van der Waals surface area contributed by atoms with Crippen LogP contribution in [0.1, 0.15) is 215 Å². The molecule has 2 nitrogen and oxygen atoms in total. The van der Waals surface area contributed by atoms with Crippen LogP contribution in [0.5, 0.6) is 0 Å². The van der Waals surface area contributed by atoms with Crippen LogP contribution in [0.2, 0.25) is 0 Å². The molecule has 0 spiro atoms. The highest BCUT2D eigenvalue weighted by Gasteiger charge is 2.09. The average Bonchev–Trinajstić information content (AvgIpc) is 3.01. The minimum Gasteiger partial charge on any atom is -0.316 e. The predicted octanol–water partition coefficient (Wildman–Crippen LogP) is 13.4. The van der Waals surface area contributed by atoms with Gasteiger partial charge in [-0.1, -0.05) is 183 Å². The summed E-state index contributed by atoms with van der Waals surface area (Å²) >= 11 is 0. The van der Waals surface area contributed by atoms with Crippen molar-refractivity contribution in [3.05, 3.63) is 0 Å². The van der Waals surface area contributed by atoms with Crippen LogP contribution in [0.25, 0.3) is 0 Å². The van der Waals surface area contributed by atoms with Crippen LogP contribution in [-0.4, -0.2) is 37.6 Å². The number of nitrogens with zero attached hydrogens (tertiary/aromatic N) is 1. The fraction of sp³-hybridized carbons (Fsp3) is 1.00. The van der Waals surface area contributed by atoms with E-state index in [9.17, 15) is 0 Å². The number of nitrogens with one attached hydrogen (secondary N) is 1. The molecule has 1 N–H and O–H groups in total. The lowest BCUT2D eigenvalue weighted by Crippen LogP contribution is -2.28. The minimum atomic E-state index is 0.902. The van der Waals surface area contributed by atoms with Crippen molar-refractivity contribution in [2.45, 2.75) is 215 Å². The first-order chi connectivity index (χ1) is 20.6. The molecule has 0 aromatic rings. The molecule has 0 rings (SSSR count). The van der Waals surface area contributed by atoms with Crippen LogP contribution < -0.4 is 5.32 Å². The van der Waals surface area contributed by atoms with E-state index in [1.807, 2.05) is 0 Å². The molecule has 42 heavy (non-hydrogen) atoms. The maximum absolute atomic E-state index is 3.71. The Hall–Kier alpha value is -0.0800. The van der Waals surface area contributed by atoms with Gasteiger partial charge in [-0.2, -0.15) is 0 Å². The van der Waals surface area contributed by atoms with E-state index in [-0.39, 0.29) is 0 Å². The molecule has 0 fully saturated rings. The molecule has 0 aromatic carbocycles. The monoisotopic (exact) mass is 595 g/mol. The molecule has 2 unspecified atom stereocenters. The predicted molar refractivity (Wildman–Crippen MR) is 196 cm³/mol. The first-order valence-electron chi connectivity index (χ1n) is 20.1. The van der Waals surface area contributed by atoms with Crippen molar-refractivity contribution in [3.63, 3.8) is 0 Å². The van der Waals surface area contributed by atoms with Crippen molar-refractivity contribution < 1.29 is 0 Å². The molecule has 0 saturated carbocycles. The van der Waals surface area contributed by atoms with Gasteiger partial charge in [-0.05, 0) is 76.7 Å². The Bertz CT molecular complexity index is 397. The molecular weight excluding hydrogens is 508 g/mol. The van der Waals surface area contributed by atoms with Crippen molar-refractivity contribution in [2.24, 2.45) is 11.8 Å². The van der Waals surface area contributed by atoms with E-state index in [0.29, 0.717) is 0 Å². The lowest BCUT2D eigenvalue weighted by atomic mass is 9.97. The smallest absolute Gasteiger partial charge is 0.00187 e. The highest BCUT2D eigenvalue weighted by Crippen LogP contribution is 2.14. The van der Waals surface area contributed by atoms with Crippen molar-refractivity contribution >= 4 is 0 Å². The SMILES string of the molecule is CCCCC(CC)CNCC(CC)CCCC.CCCCCCCCN(CCCCCCCC)CCCCCCCC. The van der Waals surface area contributed by atoms with E-state index >= 15 is 0 Å². The number of hydrogen-bond acceptors (Lipinski definition) is 2. The summed E-state index contributed by atoms with van der Waals surface area (Å²) in [5.74, 6) is 1.80. The summed E-state index contributed by atoms with van der Waals surface area (Å²) in [5, 5.41) is 3.71. The van der Waals surface area contributed by atoms with Crippen LogP contribution >= 0.6 is 0 Å². The molecule has 0 aromatic heterocycles. The third-order valence-electron chi connectivity index (χ3n) is 9.44. The topological polar surface area (TPSA) is 15.3 Å². The summed E-state index contributed by atoms with van der Waals surface area (Å²) in [7, 11) is 0. The molecule has 0 aliphatic heterocycles. The van der Waals surface area contributed by atoms with Gasteiger partial charge in [0.05, 0.1) is 0 Å². The van der Waals surface area contributed by atoms with Crippen LogP contribution in [0.4, 0.5) is 0 Å². The molecule has 0 saturated heterocycles. The number of unbranched alkanes of at least 4 members (excludes halogenated alkanes) is 17. The van der Waals surface area contributed by atoms with Gasteiger partial charge < -0.3 is 10.2 Å². The van der Waals surface area contributed by atoms with Crippen molar-refractivity contribution in [2.75, 3.05) is 32.7 Å². The summed E-state index contributed by atoms with van der Waals surface area (Å²) < 4.78 is 0. The summed E-state index contributed by atoms with van der Waals surface area (Å²) in [6.07, 6.45) is 36.7. The standard InChI is InChI=1S/C24H51N.C16H35N/c1-4-7-10-13-16-19-22-25(23-20-17-14-11-8-5-2)24-21-18-15-12-9-6-3;1-5-9-11-15(7-3)13-17-14-16(8-4)12-10-6-2/h4-24H2,1-3H3;15-17H,5-14H2,1-4H3. The Labute approximate surface area is 269 Å². The van der Waals surface area contributed by atoms with Gasteiger partial charge in [0.1, 0.15) is 0 Å². The zero-order valence-corrected chi connectivity index (χ0v) is 31.0. The van der Waals surface area contributed by atoms with Crippen molar-refractivity contribution in [3.8, 4) is 0 Å². The van der Waals surface area contributed by atoms with E-state index in [1.54, 1.807) is 0 Å². The van der Waals surface area contributed by atoms with Crippen molar-refractivity contribution in [1.29, 1.82) is 0 Å². The third kappa shape index (κ3) is 34.4. The lowest BCUT2D eigenvalue weighted by Gasteiger charge is -2.22. The van der Waals surface area contributed by atoms with E-state index in [2.05, 4.69) is 58.7 Å². The molecule has 2 heteroatoms. The Morgan fingerprint density at radius 1 is 0.357 bits per heavy atom. The molecule has 0 radical (unpaired) electrons. The molecule has 0 aliphatic rings. The van der Waals surface area contributed by atoms with Gasteiger partial charge in [-0.3, -0.25) is 0 Å². The normalized spacial score (nSPS) is 12.9. The van der Waals surface area contributed by atoms with Gasteiger partial charge >= 0.3 is 0 Å². The van der Waals surface area contributed by atoms with Gasteiger partial charge in [0.15, 0.2) is 0 Å². The van der Waals surface area contributed by atoms with E-state index < -0.39 is 0 Å². The van der Waals surface area contributed by atoms with E-state index in [0.717, 1.165) is 11.8 Å². The Morgan fingerprint density at radius 3 is 0.929 bits per heavy atom. The average molecular weight is 595 g/mol. The molecule has 2 atom stereocenters. The van der Waals surface area contributed by atoms with E-state index in [1.165, 1.54) is 200 Å². The zero-order chi connectivity index (χ0) is 31.4. The Kier molecular flexibility index (Phi) is 40.8. The molecule has 256 valence electrons. The maximum Gasteiger partial charge on any atom is -0.00187 e. The second kappa shape index (κ2) is 38.9. The largest absolute Gasteiger partial charge is 0.316 e. The fourth-order valence-electron chi connectivity index (χ4n) is 6.06. The Balaban J connectivity index is 0. The Morgan fingerprint density at radius 2 is 0.643 bits per heavy atom. The molecule has 0 amide bonds. The number of rotatable bonds is 33. The van der Waals surface area contributed by atoms with Crippen LogP contribution in [0.15, 0.2) is 0 Å². The van der Waals surface area contributed by atoms with Crippen LogP contribution in [0.3, 0.4) is 0 Å². The summed E-state index contributed by atoms with van der Waals surface area (Å²) in [5.41, 5.74) is 0. The lowest BCUT2D eigenvalue weighted by molar-refractivity contribution is 0.254. The van der Waals surface area contributed by atoms with Crippen molar-refractivity contribution in [1.82, 2.24) is 10.2 Å². The quantitative estimate of drug-likeness (QED) is 0.0760. The molecule has 0 aliphatic carbocycles. The summed E-state index contributed by atoms with van der Waals surface area (Å²) in [6, 6.07) is 0. The highest BCUT2D eigenvalue weighted by atomic mass is 15.1. The van der Waals surface area contributed by atoms with Gasteiger partial charge in [0.25, 0.3) is 0 Å². The maximum atomic E-state index is 3.71.